The summed E-state index contributed by atoms with van der Waals surface area (Å²) in [4.78, 5) is 4.41. The molecular weight excluding hydrogens is 414 g/mol. The number of hydrogen-bond donors (Lipinski definition) is 1. The minimum absolute atomic E-state index is 0.154. The molecule has 1 aromatic heterocycles. The van der Waals surface area contributed by atoms with Crippen LogP contribution in [0.3, 0.4) is 0 Å². The quantitative estimate of drug-likeness (QED) is 0.608. The van der Waals surface area contributed by atoms with Crippen LogP contribution in [-0.2, 0) is 10.0 Å². The summed E-state index contributed by atoms with van der Waals surface area (Å²) < 4.78 is 28.2. The van der Waals surface area contributed by atoms with Gasteiger partial charge in [0.2, 0.25) is 0 Å². The molecular formula is C19H18BrN3O2S. The fourth-order valence-corrected chi connectivity index (χ4v) is 4.32. The Hall–Kier alpha value is -2.38. The Labute approximate surface area is 161 Å². The first-order valence-electron chi connectivity index (χ1n) is 8.08. The van der Waals surface area contributed by atoms with Crippen molar-refractivity contribution in [1.82, 2.24) is 4.98 Å². The Morgan fingerprint density at radius 3 is 2.31 bits per heavy atom. The molecule has 134 valence electrons. The predicted molar refractivity (Wildman–Crippen MR) is 108 cm³/mol. The number of nitrogens with one attached hydrogen (secondary N) is 1. The molecule has 0 aliphatic heterocycles. The van der Waals surface area contributed by atoms with Gasteiger partial charge in [-0.25, -0.2) is 13.4 Å². The SMILES string of the molecule is CCN(c1ccccc1)S(=O)(=O)c1ccc(Nc2ccccc2Br)nc1. The van der Waals surface area contributed by atoms with Crippen LogP contribution in [0.25, 0.3) is 0 Å². The first-order valence-corrected chi connectivity index (χ1v) is 10.3. The molecule has 26 heavy (non-hydrogen) atoms. The van der Waals surface area contributed by atoms with Gasteiger partial charge < -0.3 is 5.32 Å². The normalized spacial score (nSPS) is 11.2. The van der Waals surface area contributed by atoms with Crippen molar-refractivity contribution in [2.24, 2.45) is 0 Å². The smallest absolute Gasteiger partial charge is 0.265 e. The van der Waals surface area contributed by atoms with E-state index >= 15 is 0 Å². The fourth-order valence-electron chi connectivity index (χ4n) is 2.52. The van der Waals surface area contributed by atoms with E-state index in [1.54, 1.807) is 31.2 Å². The molecule has 7 heteroatoms. The summed E-state index contributed by atoms with van der Waals surface area (Å²) in [6.07, 6.45) is 1.38. The molecule has 0 aliphatic carbocycles. The summed E-state index contributed by atoms with van der Waals surface area (Å²) in [5.74, 6) is 0.568. The minimum atomic E-state index is -3.67. The molecule has 0 amide bonds. The Morgan fingerprint density at radius 2 is 1.69 bits per heavy atom. The van der Waals surface area contributed by atoms with Crippen LogP contribution in [0, 0.1) is 0 Å². The number of para-hydroxylation sites is 2. The fraction of sp³-hybridized carbons (Fsp3) is 0.105. The summed E-state index contributed by atoms with van der Waals surface area (Å²) in [5, 5.41) is 3.16. The van der Waals surface area contributed by atoms with Crippen molar-refractivity contribution in [3.8, 4) is 0 Å². The number of benzene rings is 2. The molecule has 0 saturated carbocycles. The third kappa shape index (κ3) is 3.89. The van der Waals surface area contributed by atoms with Gasteiger partial charge in [0.1, 0.15) is 10.7 Å². The third-order valence-electron chi connectivity index (χ3n) is 3.79. The van der Waals surface area contributed by atoms with Crippen molar-refractivity contribution in [1.29, 1.82) is 0 Å². The molecule has 2 aromatic carbocycles. The second-order valence-corrected chi connectivity index (χ2v) is 8.21. The van der Waals surface area contributed by atoms with Gasteiger partial charge in [0.05, 0.1) is 11.4 Å². The number of anilines is 3. The van der Waals surface area contributed by atoms with Crippen molar-refractivity contribution in [2.75, 3.05) is 16.2 Å². The number of halogens is 1. The van der Waals surface area contributed by atoms with Crippen LogP contribution in [-0.4, -0.2) is 19.9 Å². The van der Waals surface area contributed by atoms with Crippen molar-refractivity contribution in [3.05, 3.63) is 77.4 Å². The maximum absolute atomic E-state index is 12.9. The lowest BCUT2D eigenvalue weighted by atomic mass is 10.3. The summed E-state index contributed by atoms with van der Waals surface area (Å²) in [6, 6.07) is 19.9. The molecule has 0 aliphatic rings. The van der Waals surface area contributed by atoms with E-state index in [0.29, 0.717) is 18.1 Å². The average Bonchev–Trinajstić information content (AvgIpc) is 2.65. The lowest BCUT2D eigenvalue weighted by Gasteiger charge is -2.22. The van der Waals surface area contributed by atoms with Crippen molar-refractivity contribution in [2.45, 2.75) is 11.8 Å². The first-order chi connectivity index (χ1) is 12.5. The van der Waals surface area contributed by atoms with Gasteiger partial charge in [0, 0.05) is 17.2 Å². The molecule has 0 unspecified atom stereocenters. The van der Waals surface area contributed by atoms with E-state index in [1.165, 1.54) is 10.5 Å². The van der Waals surface area contributed by atoms with E-state index in [9.17, 15) is 8.42 Å². The van der Waals surface area contributed by atoms with E-state index in [2.05, 4.69) is 26.2 Å². The van der Waals surface area contributed by atoms with Crippen LogP contribution < -0.4 is 9.62 Å². The van der Waals surface area contributed by atoms with Crippen LogP contribution in [0.2, 0.25) is 0 Å². The molecule has 0 spiro atoms. The highest BCUT2D eigenvalue weighted by molar-refractivity contribution is 9.10. The number of hydrogen-bond acceptors (Lipinski definition) is 4. The second kappa shape index (κ2) is 7.88. The van der Waals surface area contributed by atoms with Crippen LogP contribution in [0.5, 0.6) is 0 Å². The number of aromatic nitrogens is 1. The van der Waals surface area contributed by atoms with Gasteiger partial charge in [0.15, 0.2) is 0 Å². The number of pyridine rings is 1. The van der Waals surface area contributed by atoms with Gasteiger partial charge in [-0.2, -0.15) is 0 Å². The molecule has 0 saturated heterocycles. The largest absolute Gasteiger partial charge is 0.339 e. The Balaban J connectivity index is 1.86. The monoisotopic (exact) mass is 431 g/mol. The van der Waals surface area contributed by atoms with Gasteiger partial charge in [-0.1, -0.05) is 30.3 Å². The minimum Gasteiger partial charge on any atom is -0.339 e. The maximum atomic E-state index is 12.9. The topological polar surface area (TPSA) is 62.3 Å². The summed E-state index contributed by atoms with van der Waals surface area (Å²) in [5.41, 5.74) is 1.49. The molecule has 0 atom stereocenters. The highest BCUT2D eigenvalue weighted by Gasteiger charge is 2.23. The second-order valence-electron chi connectivity index (χ2n) is 5.49. The molecule has 0 fully saturated rings. The Morgan fingerprint density at radius 1 is 1.00 bits per heavy atom. The standard InChI is InChI=1S/C19H18BrN3O2S/c1-2-23(15-8-4-3-5-9-15)26(24,25)16-12-13-19(21-14-16)22-18-11-7-6-10-17(18)20/h3-14H,2H2,1H3,(H,21,22). The van der Waals surface area contributed by atoms with Gasteiger partial charge >= 0.3 is 0 Å². The van der Waals surface area contributed by atoms with Gasteiger partial charge in [-0.3, -0.25) is 4.31 Å². The zero-order valence-corrected chi connectivity index (χ0v) is 16.5. The lowest BCUT2D eigenvalue weighted by molar-refractivity contribution is 0.591. The van der Waals surface area contributed by atoms with E-state index < -0.39 is 10.0 Å². The van der Waals surface area contributed by atoms with Gasteiger partial charge in [-0.05, 0) is 59.3 Å². The maximum Gasteiger partial charge on any atom is 0.265 e. The lowest BCUT2D eigenvalue weighted by Crippen LogP contribution is -2.30. The Bertz CT molecular complexity index is 977. The zero-order chi connectivity index (χ0) is 18.6. The molecule has 3 rings (SSSR count). The van der Waals surface area contributed by atoms with Crippen LogP contribution >= 0.6 is 15.9 Å². The molecule has 1 N–H and O–H groups in total. The third-order valence-corrected chi connectivity index (χ3v) is 6.37. The van der Waals surface area contributed by atoms with Gasteiger partial charge in [0.25, 0.3) is 10.0 Å². The summed E-state index contributed by atoms with van der Waals surface area (Å²) in [7, 11) is -3.67. The van der Waals surface area contributed by atoms with Crippen LogP contribution in [0.4, 0.5) is 17.2 Å². The van der Waals surface area contributed by atoms with Crippen molar-refractivity contribution in [3.63, 3.8) is 0 Å². The van der Waals surface area contributed by atoms with E-state index in [0.717, 1.165) is 10.2 Å². The van der Waals surface area contributed by atoms with Crippen LogP contribution in [0.1, 0.15) is 6.92 Å². The van der Waals surface area contributed by atoms with E-state index in [-0.39, 0.29) is 4.90 Å². The highest BCUT2D eigenvalue weighted by atomic mass is 79.9. The number of nitrogens with zero attached hydrogens (tertiary/aromatic N) is 2. The highest BCUT2D eigenvalue weighted by Crippen LogP contribution is 2.26. The van der Waals surface area contributed by atoms with Crippen molar-refractivity contribution < 1.29 is 8.42 Å². The molecule has 5 nitrogen and oxygen atoms in total. The molecule has 0 radical (unpaired) electrons. The average molecular weight is 432 g/mol. The summed E-state index contributed by atoms with van der Waals surface area (Å²) >= 11 is 3.46. The molecule has 0 bridgehead atoms. The van der Waals surface area contributed by atoms with Gasteiger partial charge in [-0.15, -0.1) is 0 Å². The molecule has 3 aromatic rings. The van der Waals surface area contributed by atoms with E-state index in [4.69, 9.17) is 0 Å². The number of sulfonamides is 1. The molecule has 1 heterocycles. The number of rotatable bonds is 6. The summed E-state index contributed by atoms with van der Waals surface area (Å²) in [6.45, 7) is 2.14. The van der Waals surface area contributed by atoms with E-state index in [1.807, 2.05) is 42.5 Å². The van der Waals surface area contributed by atoms with Crippen molar-refractivity contribution >= 4 is 43.1 Å². The first kappa shape index (κ1) is 18.4. The Kier molecular flexibility index (Phi) is 5.58. The predicted octanol–water partition coefficient (Wildman–Crippen LogP) is 4.80. The zero-order valence-electron chi connectivity index (χ0n) is 14.1. The van der Waals surface area contributed by atoms with Crippen LogP contribution in [0.15, 0.2) is 82.3 Å².